The van der Waals surface area contributed by atoms with Gasteiger partial charge in [0, 0.05) is 19.2 Å². The molecule has 0 bridgehead atoms. The maximum atomic E-state index is 13.8. The number of benzene rings is 3. The van der Waals surface area contributed by atoms with Crippen molar-refractivity contribution in [3.63, 3.8) is 0 Å². The molecule has 4 rings (SSSR count). The van der Waals surface area contributed by atoms with E-state index in [1.54, 1.807) is 49.4 Å². The third-order valence-electron chi connectivity index (χ3n) is 4.95. The van der Waals surface area contributed by atoms with Crippen LogP contribution in [0.2, 0.25) is 0 Å². The average molecular weight is 420 g/mol. The van der Waals surface area contributed by atoms with Gasteiger partial charge in [-0.15, -0.1) is 0 Å². The number of ether oxygens (including phenoxy) is 3. The molecule has 0 unspecified atom stereocenters. The summed E-state index contributed by atoms with van der Waals surface area (Å²) in [4.78, 5) is 16.3. The first-order valence-corrected chi connectivity index (χ1v) is 9.65. The number of carbonyl (C=O) groups is 1. The van der Waals surface area contributed by atoms with Crippen LogP contribution in [0.4, 0.5) is 4.39 Å². The number of aryl methyl sites for hydroxylation is 2. The summed E-state index contributed by atoms with van der Waals surface area (Å²) >= 11 is 0. The van der Waals surface area contributed by atoms with Crippen molar-refractivity contribution in [1.82, 2.24) is 9.55 Å². The highest BCUT2D eigenvalue weighted by molar-refractivity contribution is 5.89. The van der Waals surface area contributed by atoms with Gasteiger partial charge < -0.3 is 18.8 Å². The van der Waals surface area contributed by atoms with Gasteiger partial charge in [0.05, 0.1) is 23.7 Å². The predicted molar refractivity (Wildman–Crippen MR) is 114 cm³/mol. The van der Waals surface area contributed by atoms with E-state index in [-0.39, 0.29) is 12.4 Å². The summed E-state index contributed by atoms with van der Waals surface area (Å²) in [6, 6.07) is 17.0. The van der Waals surface area contributed by atoms with Crippen LogP contribution >= 0.6 is 0 Å². The molecule has 4 aromatic rings. The smallest absolute Gasteiger partial charge is 0.337 e. The van der Waals surface area contributed by atoms with E-state index in [1.165, 1.54) is 13.2 Å². The van der Waals surface area contributed by atoms with Crippen LogP contribution in [0.25, 0.3) is 11.0 Å². The molecule has 0 fully saturated rings. The number of halogens is 1. The molecule has 158 valence electrons. The fourth-order valence-electron chi connectivity index (χ4n) is 3.16. The van der Waals surface area contributed by atoms with Gasteiger partial charge in [-0.05, 0) is 48.9 Å². The first-order chi connectivity index (χ1) is 14.9. The van der Waals surface area contributed by atoms with Gasteiger partial charge in [0.2, 0.25) is 0 Å². The molecule has 0 saturated heterocycles. The Kier molecular flexibility index (Phi) is 5.58. The third kappa shape index (κ3) is 4.35. The van der Waals surface area contributed by atoms with Crippen molar-refractivity contribution < 1.29 is 23.4 Å². The number of imidazole rings is 1. The minimum Gasteiger partial charge on any atom is -0.486 e. The molecule has 0 spiro atoms. The second-order valence-electron chi connectivity index (χ2n) is 7.06. The molecule has 0 aliphatic heterocycles. The van der Waals surface area contributed by atoms with Crippen molar-refractivity contribution in [3.8, 4) is 17.2 Å². The molecule has 6 nitrogen and oxygen atoms in total. The fourth-order valence-corrected chi connectivity index (χ4v) is 3.16. The molecule has 0 aliphatic carbocycles. The Hall–Kier alpha value is -3.87. The summed E-state index contributed by atoms with van der Waals surface area (Å²) < 4.78 is 32.1. The summed E-state index contributed by atoms with van der Waals surface area (Å²) in [5.41, 5.74) is 2.62. The zero-order chi connectivity index (χ0) is 22.0. The number of esters is 1. The number of fused-ring (bicyclic) bond motifs is 1. The van der Waals surface area contributed by atoms with Gasteiger partial charge in [-0.2, -0.15) is 0 Å². The van der Waals surface area contributed by atoms with Crippen LogP contribution in [-0.4, -0.2) is 22.6 Å². The molecule has 1 heterocycles. The Morgan fingerprint density at radius 2 is 1.81 bits per heavy atom. The monoisotopic (exact) mass is 420 g/mol. The van der Waals surface area contributed by atoms with Crippen molar-refractivity contribution in [2.45, 2.75) is 13.5 Å². The van der Waals surface area contributed by atoms with Gasteiger partial charge >= 0.3 is 5.97 Å². The van der Waals surface area contributed by atoms with E-state index >= 15 is 0 Å². The molecule has 0 N–H and O–H groups in total. The van der Waals surface area contributed by atoms with Crippen LogP contribution in [0.15, 0.2) is 60.7 Å². The van der Waals surface area contributed by atoms with Crippen LogP contribution < -0.4 is 9.47 Å². The van der Waals surface area contributed by atoms with Crippen molar-refractivity contribution in [1.29, 1.82) is 0 Å². The van der Waals surface area contributed by atoms with E-state index in [4.69, 9.17) is 14.2 Å². The average Bonchev–Trinajstić information content (AvgIpc) is 3.09. The Labute approximate surface area is 178 Å². The van der Waals surface area contributed by atoms with Gasteiger partial charge in [-0.25, -0.2) is 14.2 Å². The van der Waals surface area contributed by atoms with Gasteiger partial charge in [0.15, 0.2) is 0 Å². The number of nitrogens with zero attached hydrogens (tertiary/aromatic N) is 2. The summed E-state index contributed by atoms with van der Waals surface area (Å²) in [6.07, 6.45) is 0. The fraction of sp³-hybridized carbons (Fsp3) is 0.167. The molecule has 0 saturated carbocycles. The SMILES string of the molecule is COC(=O)c1cccc(OCc2nc3ccc(Oc4ccc(C)c(F)c4)cc3n2C)c1. The number of aromatic nitrogens is 2. The molecular weight excluding hydrogens is 399 g/mol. The van der Waals surface area contributed by atoms with Gasteiger partial charge in [-0.1, -0.05) is 12.1 Å². The Morgan fingerprint density at radius 1 is 1.03 bits per heavy atom. The lowest BCUT2D eigenvalue weighted by Gasteiger charge is -2.08. The number of hydrogen-bond acceptors (Lipinski definition) is 5. The van der Waals surface area contributed by atoms with E-state index < -0.39 is 5.97 Å². The molecule has 0 amide bonds. The second-order valence-corrected chi connectivity index (χ2v) is 7.06. The molecule has 3 aromatic carbocycles. The van der Waals surface area contributed by atoms with E-state index in [2.05, 4.69) is 4.98 Å². The van der Waals surface area contributed by atoms with Crippen LogP contribution in [-0.2, 0) is 18.4 Å². The summed E-state index contributed by atoms with van der Waals surface area (Å²) in [5.74, 6) is 1.53. The molecule has 0 aliphatic rings. The van der Waals surface area contributed by atoms with Gasteiger partial charge in [0.1, 0.15) is 35.5 Å². The highest BCUT2D eigenvalue weighted by atomic mass is 19.1. The van der Waals surface area contributed by atoms with Crippen LogP contribution in [0.5, 0.6) is 17.2 Å². The first kappa shape index (κ1) is 20.4. The van der Waals surface area contributed by atoms with Crippen molar-refractivity contribution in [2.75, 3.05) is 7.11 Å². The maximum Gasteiger partial charge on any atom is 0.337 e. The molecule has 1 aromatic heterocycles. The van der Waals surface area contributed by atoms with Crippen molar-refractivity contribution in [2.24, 2.45) is 7.05 Å². The maximum absolute atomic E-state index is 13.8. The number of methoxy groups -OCH3 is 1. The van der Waals surface area contributed by atoms with Crippen LogP contribution in [0, 0.1) is 12.7 Å². The molecule has 0 radical (unpaired) electrons. The quantitative estimate of drug-likeness (QED) is 0.402. The predicted octanol–water partition coefficient (Wildman–Crippen LogP) is 5.18. The topological polar surface area (TPSA) is 62.6 Å². The lowest BCUT2D eigenvalue weighted by molar-refractivity contribution is 0.0600. The standard InChI is InChI=1S/C24H21FN2O4/c1-15-7-8-18(12-20(15)25)31-19-9-10-21-22(13-19)27(2)23(26-21)14-30-17-6-4-5-16(11-17)24(28)29-3/h4-13H,14H2,1-3H3. The second kappa shape index (κ2) is 8.47. The van der Waals surface area contributed by atoms with E-state index in [9.17, 15) is 9.18 Å². The summed E-state index contributed by atoms with van der Waals surface area (Å²) in [7, 11) is 3.22. The summed E-state index contributed by atoms with van der Waals surface area (Å²) in [5, 5.41) is 0. The van der Waals surface area contributed by atoms with E-state index in [0.29, 0.717) is 34.2 Å². The van der Waals surface area contributed by atoms with Crippen molar-refractivity contribution >= 4 is 17.0 Å². The normalized spacial score (nSPS) is 10.8. The van der Waals surface area contributed by atoms with Crippen molar-refractivity contribution in [3.05, 3.63) is 83.4 Å². The third-order valence-corrected chi connectivity index (χ3v) is 4.95. The Balaban J connectivity index is 1.53. The van der Waals surface area contributed by atoms with E-state index in [0.717, 1.165) is 11.0 Å². The first-order valence-electron chi connectivity index (χ1n) is 9.65. The largest absolute Gasteiger partial charge is 0.486 e. The van der Waals surface area contributed by atoms with Gasteiger partial charge in [0.25, 0.3) is 0 Å². The summed E-state index contributed by atoms with van der Waals surface area (Å²) in [6.45, 7) is 1.92. The van der Waals surface area contributed by atoms with Crippen LogP contribution in [0.1, 0.15) is 21.7 Å². The highest BCUT2D eigenvalue weighted by Crippen LogP contribution is 2.27. The number of carbonyl (C=O) groups excluding carboxylic acids is 1. The lowest BCUT2D eigenvalue weighted by Crippen LogP contribution is -2.05. The molecule has 0 atom stereocenters. The number of hydrogen-bond donors (Lipinski definition) is 0. The molecule has 31 heavy (non-hydrogen) atoms. The Morgan fingerprint density at radius 3 is 2.58 bits per heavy atom. The lowest BCUT2D eigenvalue weighted by atomic mass is 10.2. The molecule has 7 heteroatoms. The zero-order valence-electron chi connectivity index (χ0n) is 17.4. The number of rotatable bonds is 6. The van der Waals surface area contributed by atoms with Gasteiger partial charge in [-0.3, -0.25) is 0 Å². The zero-order valence-corrected chi connectivity index (χ0v) is 17.4. The molecular formula is C24H21FN2O4. The highest BCUT2D eigenvalue weighted by Gasteiger charge is 2.12. The van der Waals surface area contributed by atoms with E-state index in [1.807, 2.05) is 23.7 Å². The Bertz CT molecular complexity index is 1270. The van der Waals surface area contributed by atoms with Crippen LogP contribution in [0.3, 0.4) is 0 Å². The minimum atomic E-state index is -0.422. The minimum absolute atomic E-state index is 0.217.